The summed E-state index contributed by atoms with van der Waals surface area (Å²) in [4.78, 5) is 16.4. The van der Waals surface area contributed by atoms with Gasteiger partial charge in [0.25, 0.3) is 6.01 Å². The lowest BCUT2D eigenvalue weighted by Gasteiger charge is -2.20. The molecule has 6 heteroatoms. The molecular weight excluding hydrogens is 210 g/mol. The van der Waals surface area contributed by atoms with E-state index in [1.165, 1.54) is 0 Å². The summed E-state index contributed by atoms with van der Waals surface area (Å²) in [7, 11) is 2.02. The zero-order valence-corrected chi connectivity index (χ0v) is 9.73. The van der Waals surface area contributed by atoms with Crippen molar-refractivity contribution in [1.82, 2.24) is 9.88 Å². The second kappa shape index (κ2) is 5.50. The summed E-state index contributed by atoms with van der Waals surface area (Å²) in [5.74, 6) is -1.09. The van der Waals surface area contributed by atoms with E-state index in [1.807, 2.05) is 7.05 Å². The number of aromatic nitrogens is 1. The smallest absolute Gasteiger partial charge is 0.357 e. The van der Waals surface area contributed by atoms with Crippen LogP contribution in [0.3, 0.4) is 0 Å². The molecule has 0 aromatic carbocycles. The molecule has 0 atom stereocenters. The Morgan fingerprint density at radius 1 is 1.69 bits per heavy atom. The van der Waals surface area contributed by atoms with E-state index in [0.29, 0.717) is 12.6 Å². The minimum atomic E-state index is -1.09. The van der Waals surface area contributed by atoms with Crippen LogP contribution < -0.4 is 5.32 Å². The van der Waals surface area contributed by atoms with E-state index in [9.17, 15) is 4.79 Å². The van der Waals surface area contributed by atoms with Gasteiger partial charge in [-0.25, -0.2) is 4.79 Å². The minimum Gasteiger partial charge on any atom is -0.476 e. The number of likely N-dealkylation sites (N-methyl/N-ethyl adjacent to an activating group) is 1. The van der Waals surface area contributed by atoms with E-state index >= 15 is 0 Å². The molecule has 0 fully saturated rings. The van der Waals surface area contributed by atoms with Crippen molar-refractivity contribution < 1.29 is 14.3 Å². The lowest BCUT2D eigenvalue weighted by molar-refractivity contribution is 0.0690. The summed E-state index contributed by atoms with van der Waals surface area (Å²) in [5.41, 5.74) is -0.0836. The third-order valence-corrected chi connectivity index (χ3v) is 2.35. The molecule has 0 saturated carbocycles. The molecule has 0 aliphatic carbocycles. The van der Waals surface area contributed by atoms with Gasteiger partial charge in [-0.2, -0.15) is 4.98 Å². The monoisotopic (exact) mass is 227 g/mol. The summed E-state index contributed by atoms with van der Waals surface area (Å²) < 4.78 is 4.95. The highest BCUT2D eigenvalue weighted by atomic mass is 16.4. The highest BCUT2D eigenvalue weighted by Gasteiger charge is 2.10. The number of nitrogens with one attached hydrogen (secondary N) is 1. The van der Waals surface area contributed by atoms with Gasteiger partial charge in [-0.05, 0) is 20.9 Å². The average molecular weight is 227 g/mol. The van der Waals surface area contributed by atoms with Gasteiger partial charge in [-0.1, -0.05) is 0 Å². The van der Waals surface area contributed by atoms with Gasteiger partial charge >= 0.3 is 5.97 Å². The Hall–Kier alpha value is -1.56. The third kappa shape index (κ3) is 3.54. The van der Waals surface area contributed by atoms with Crippen molar-refractivity contribution in [1.29, 1.82) is 0 Å². The zero-order chi connectivity index (χ0) is 12.1. The lowest BCUT2D eigenvalue weighted by Crippen LogP contribution is -2.31. The van der Waals surface area contributed by atoms with Crippen molar-refractivity contribution in [3.05, 3.63) is 12.0 Å². The maximum Gasteiger partial charge on any atom is 0.357 e. The van der Waals surface area contributed by atoms with Gasteiger partial charge in [0.1, 0.15) is 6.26 Å². The average Bonchev–Trinajstić information content (AvgIpc) is 2.66. The van der Waals surface area contributed by atoms with Crippen molar-refractivity contribution in [2.45, 2.75) is 19.9 Å². The summed E-state index contributed by atoms with van der Waals surface area (Å²) in [6.45, 7) is 5.71. The van der Waals surface area contributed by atoms with Crippen molar-refractivity contribution in [2.24, 2.45) is 0 Å². The Bertz CT molecular complexity index is 349. The number of oxazole rings is 1. The van der Waals surface area contributed by atoms with Gasteiger partial charge in [0.05, 0.1) is 0 Å². The number of anilines is 1. The van der Waals surface area contributed by atoms with Crippen LogP contribution in [0.5, 0.6) is 0 Å². The molecule has 6 nitrogen and oxygen atoms in total. The predicted octanol–water partition coefficient (Wildman–Crippen LogP) is 1.12. The van der Waals surface area contributed by atoms with E-state index in [2.05, 4.69) is 29.0 Å². The molecule has 0 aliphatic rings. The molecule has 0 bridgehead atoms. The number of aromatic carboxylic acids is 1. The molecule has 0 aliphatic heterocycles. The molecule has 1 heterocycles. The molecule has 1 aromatic rings. The van der Waals surface area contributed by atoms with Crippen LogP contribution in [0.25, 0.3) is 0 Å². The lowest BCUT2D eigenvalue weighted by atomic mass is 10.3. The Labute approximate surface area is 94.3 Å². The second-order valence-corrected chi connectivity index (χ2v) is 3.84. The van der Waals surface area contributed by atoms with Gasteiger partial charge in [-0.15, -0.1) is 0 Å². The number of rotatable bonds is 6. The van der Waals surface area contributed by atoms with Crippen LogP contribution in [0.4, 0.5) is 6.01 Å². The largest absolute Gasteiger partial charge is 0.476 e. The summed E-state index contributed by atoms with van der Waals surface area (Å²) in [6.07, 6.45) is 1.12. The number of hydrogen-bond donors (Lipinski definition) is 2. The molecule has 16 heavy (non-hydrogen) atoms. The molecule has 1 rings (SSSR count). The predicted molar refractivity (Wildman–Crippen MR) is 59.7 cm³/mol. The molecule has 0 radical (unpaired) electrons. The van der Waals surface area contributed by atoms with Crippen LogP contribution in [0.1, 0.15) is 24.3 Å². The molecule has 0 amide bonds. The maximum absolute atomic E-state index is 10.5. The number of hydrogen-bond acceptors (Lipinski definition) is 5. The quantitative estimate of drug-likeness (QED) is 0.758. The molecule has 0 unspecified atom stereocenters. The van der Waals surface area contributed by atoms with Gasteiger partial charge in [0.2, 0.25) is 0 Å². The fourth-order valence-electron chi connectivity index (χ4n) is 1.05. The van der Waals surface area contributed by atoms with Crippen LogP contribution >= 0.6 is 0 Å². The highest BCUT2D eigenvalue weighted by molar-refractivity contribution is 5.85. The van der Waals surface area contributed by atoms with Crippen LogP contribution in [-0.2, 0) is 0 Å². The minimum absolute atomic E-state index is 0.0836. The van der Waals surface area contributed by atoms with Crippen molar-refractivity contribution in [3.8, 4) is 0 Å². The first-order valence-corrected chi connectivity index (χ1v) is 5.13. The number of nitrogens with zero attached hydrogens (tertiary/aromatic N) is 2. The SMILES string of the molecule is CC(C)N(C)CCNc1nc(C(=O)O)co1. The molecule has 2 N–H and O–H groups in total. The van der Waals surface area contributed by atoms with Crippen LogP contribution in [0.15, 0.2) is 10.7 Å². The fraction of sp³-hybridized carbons (Fsp3) is 0.600. The first-order chi connectivity index (χ1) is 7.50. The van der Waals surface area contributed by atoms with Gasteiger partial charge in [0.15, 0.2) is 5.69 Å². The van der Waals surface area contributed by atoms with Gasteiger partial charge < -0.3 is 19.7 Å². The Kier molecular flexibility index (Phi) is 4.30. The number of carboxylic acid groups (broad SMARTS) is 1. The third-order valence-electron chi connectivity index (χ3n) is 2.35. The fourth-order valence-corrected chi connectivity index (χ4v) is 1.05. The van der Waals surface area contributed by atoms with E-state index in [1.54, 1.807) is 0 Å². The normalized spacial score (nSPS) is 11.1. The van der Waals surface area contributed by atoms with Gasteiger partial charge in [-0.3, -0.25) is 0 Å². The van der Waals surface area contributed by atoms with E-state index in [-0.39, 0.29) is 11.7 Å². The van der Waals surface area contributed by atoms with E-state index < -0.39 is 5.97 Å². The van der Waals surface area contributed by atoms with Crippen molar-refractivity contribution >= 4 is 12.0 Å². The van der Waals surface area contributed by atoms with Crippen LogP contribution in [0, 0.1) is 0 Å². The number of carboxylic acids is 1. The summed E-state index contributed by atoms with van der Waals surface area (Å²) >= 11 is 0. The standard InChI is InChI=1S/C10H17N3O3/c1-7(2)13(3)5-4-11-10-12-8(6-16-10)9(14)15/h6-7H,4-5H2,1-3H3,(H,11,12)(H,14,15). The molecule has 1 aromatic heterocycles. The molecular formula is C10H17N3O3. The van der Waals surface area contributed by atoms with Crippen LogP contribution in [0.2, 0.25) is 0 Å². The van der Waals surface area contributed by atoms with Crippen molar-refractivity contribution in [2.75, 3.05) is 25.5 Å². The summed E-state index contributed by atoms with van der Waals surface area (Å²) in [5, 5.41) is 11.5. The Balaban J connectivity index is 2.35. The second-order valence-electron chi connectivity index (χ2n) is 3.84. The van der Waals surface area contributed by atoms with E-state index in [0.717, 1.165) is 12.8 Å². The first-order valence-electron chi connectivity index (χ1n) is 5.13. The Morgan fingerprint density at radius 2 is 2.38 bits per heavy atom. The number of carbonyl (C=O) groups is 1. The topological polar surface area (TPSA) is 78.6 Å². The molecule has 0 spiro atoms. The van der Waals surface area contributed by atoms with Crippen molar-refractivity contribution in [3.63, 3.8) is 0 Å². The maximum atomic E-state index is 10.5. The van der Waals surface area contributed by atoms with E-state index in [4.69, 9.17) is 9.52 Å². The van der Waals surface area contributed by atoms with Crippen LogP contribution in [-0.4, -0.2) is 47.1 Å². The highest BCUT2D eigenvalue weighted by Crippen LogP contribution is 2.06. The molecule has 90 valence electrons. The first kappa shape index (κ1) is 12.5. The van der Waals surface area contributed by atoms with Gasteiger partial charge in [0, 0.05) is 19.1 Å². The molecule has 0 saturated heterocycles. The zero-order valence-electron chi connectivity index (χ0n) is 9.73. The Morgan fingerprint density at radius 3 is 2.88 bits per heavy atom. The summed E-state index contributed by atoms with van der Waals surface area (Å²) in [6, 6.07) is 0.718.